The Kier molecular flexibility index (Phi) is 5.20. The van der Waals surface area contributed by atoms with Crippen LogP contribution < -0.4 is 0 Å². The molecule has 1 rings (SSSR count). The van der Waals surface area contributed by atoms with E-state index in [4.69, 9.17) is 0 Å². The molecule has 14 heavy (non-hydrogen) atoms. The van der Waals surface area contributed by atoms with Crippen molar-refractivity contribution in [1.82, 2.24) is 0 Å². The van der Waals surface area contributed by atoms with Gasteiger partial charge in [0.1, 0.15) is 6.17 Å². The van der Waals surface area contributed by atoms with Gasteiger partial charge in [0.05, 0.1) is 6.67 Å². The Bertz CT molecular complexity index is 233. The highest BCUT2D eigenvalue weighted by molar-refractivity contribution is 5.15. The minimum atomic E-state index is -0.830. The molecule has 0 heterocycles. The first-order valence-electron chi connectivity index (χ1n) is 5.07. The second-order valence-electron chi connectivity index (χ2n) is 3.47. The molecule has 78 valence electrons. The first kappa shape index (κ1) is 11.2. The van der Waals surface area contributed by atoms with E-state index in [9.17, 15) is 8.78 Å². The SMILES string of the molecule is FCCCCC(F)Cc1ccccc1. The molecule has 0 N–H and O–H groups in total. The van der Waals surface area contributed by atoms with Gasteiger partial charge in [-0.05, 0) is 24.8 Å². The van der Waals surface area contributed by atoms with E-state index >= 15 is 0 Å². The average molecular weight is 198 g/mol. The molecule has 0 aromatic heterocycles. The minimum Gasteiger partial charge on any atom is -0.251 e. The summed E-state index contributed by atoms with van der Waals surface area (Å²) in [6.07, 6.45) is 1.22. The molecule has 0 saturated carbocycles. The van der Waals surface area contributed by atoms with E-state index < -0.39 is 6.17 Å². The summed E-state index contributed by atoms with van der Waals surface area (Å²) in [4.78, 5) is 0. The van der Waals surface area contributed by atoms with Gasteiger partial charge in [0, 0.05) is 6.42 Å². The predicted octanol–water partition coefficient (Wildman–Crippen LogP) is 3.71. The maximum absolute atomic E-state index is 13.3. The number of unbranched alkanes of at least 4 members (excludes halogenated alkanes) is 1. The first-order chi connectivity index (χ1) is 6.83. The van der Waals surface area contributed by atoms with Crippen molar-refractivity contribution in [1.29, 1.82) is 0 Å². The quantitative estimate of drug-likeness (QED) is 0.611. The van der Waals surface area contributed by atoms with Crippen LogP contribution in [0.1, 0.15) is 24.8 Å². The van der Waals surface area contributed by atoms with Gasteiger partial charge in [-0.2, -0.15) is 0 Å². The minimum absolute atomic E-state index is 0.335. The van der Waals surface area contributed by atoms with Crippen LogP contribution in [0.25, 0.3) is 0 Å². The maximum atomic E-state index is 13.3. The summed E-state index contributed by atoms with van der Waals surface area (Å²) in [7, 11) is 0. The Morgan fingerprint density at radius 2 is 1.79 bits per heavy atom. The molecule has 2 heteroatoms. The summed E-state index contributed by atoms with van der Waals surface area (Å²) in [5.74, 6) is 0. The van der Waals surface area contributed by atoms with Gasteiger partial charge in [-0.1, -0.05) is 30.3 Å². The fourth-order valence-corrected chi connectivity index (χ4v) is 1.43. The standard InChI is InChI=1S/C12H16F2/c13-9-5-4-8-12(14)10-11-6-2-1-3-7-11/h1-3,6-7,12H,4-5,8-10H2. The third kappa shape index (κ3) is 4.35. The summed E-state index contributed by atoms with van der Waals surface area (Å²) in [6, 6.07) is 9.57. The van der Waals surface area contributed by atoms with Crippen molar-refractivity contribution < 1.29 is 8.78 Å². The molecule has 0 radical (unpaired) electrons. The molecule has 1 atom stereocenters. The monoisotopic (exact) mass is 198 g/mol. The Labute approximate surface area is 84.0 Å². The number of halogens is 2. The van der Waals surface area contributed by atoms with Crippen LogP contribution in [0, 0.1) is 0 Å². The Morgan fingerprint density at radius 1 is 1.07 bits per heavy atom. The van der Waals surface area contributed by atoms with Crippen LogP contribution in [0.3, 0.4) is 0 Å². The van der Waals surface area contributed by atoms with Crippen LogP contribution >= 0.6 is 0 Å². The molecule has 0 aliphatic heterocycles. The molecule has 0 amide bonds. The lowest BCUT2D eigenvalue weighted by Crippen LogP contribution is -2.04. The van der Waals surface area contributed by atoms with Crippen LogP contribution in [0.15, 0.2) is 30.3 Å². The van der Waals surface area contributed by atoms with Crippen molar-refractivity contribution in [2.24, 2.45) is 0 Å². The highest BCUT2D eigenvalue weighted by Crippen LogP contribution is 2.11. The molecule has 1 aromatic rings. The number of hydrogen-bond acceptors (Lipinski definition) is 0. The van der Waals surface area contributed by atoms with Crippen molar-refractivity contribution in [3.05, 3.63) is 35.9 Å². The van der Waals surface area contributed by atoms with Gasteiger partial charge in [0.25, 0.3) is 0 Å². The molecule has 1 aromatic carbocycles. The largest absolute Gasteiger partial charge is 0.251 e. The third-order valence-electron chi connectivity index (χ3n) is 2.20. The van der Waals surface area contributed by atoms with Crippen LogP contribution in [-0.4, -0.2) is 12.8 Å². The van der Waals surface area contributed by atoms with E-state index in [-0.39, 0.29) is 6.67 Å². The van der Waals surface area contributed by atoms with Crippen molar-refractivity contribution >= 4 is 0 Å². The zero-order valence-corrected chi connectivity index (χ0v) is 8.26. The predicted molar refractivity (Wildman–Crippen MR) is 54.9 cm³/mol. The fourth-order valence-electron chi connectivity index (χ4n) is 1.43. The molecule has 0 bridgehead atoms. The molecule has 1 unspecified atom stereocenters. The summed E-state index contributed by atoms with van der Waals surface area (Å²) < 4.78 is 25.0. The number of rotatable bonds is 6. The number of benzene rings is 1. The fraction of sp³-hybridized carbons (Fsp3) is 0.500. The normalized spacial score (nSPS) is 12.7. The zero-order chi connectivity index (χ0) is 10.2. The highest BCUT2D eigenvalue weighted by Gasteiger charge is 2.06. The molecule has 0 aliphatic carbocycles. The lowest BCUT2D eigenvalue weighted by Gasteiger charge is -2.06. The molecule has 0 spiro atoms. The van der Waals surface area contributed by atoms with Gasteiger partial charge >= 0.3 is 0 Å². The zero-order valence-electron chi connectivity index (χ0n) is 8.26. The Balaban J connectivity index is 2.23. The smallest absolute Gasteiger partial charge is 0.104 e. The maximum Gasteiger partial charge on any atom is 0.104 e. The molecule has 0 fully saturated rings. The van der Waals surface area contributed by atoms with Crippen molar-refractivity contribution in [2.45, 2.75) is 31.9 Å². The van der Waals surface area contributed by atoms with Gasteiger partial charge in [0.15, 0.2) is 0 Å². The number of hydrogen-bond donors (Lipinski definition) is 0. The summed E-state index contributed by atoms with van der Waals surface area (Å²) in [5.41, 5.74) is 1.01. The van der Waals surface area contributed by atoms with E-state index in [2.05, 4.69) is 0 Å². The molecule has 0 saturated heterocycles. The lowest BCUT2D eigenvalue weighted by molar-refractivity contribution is 0.298. The van der Waals surface area contributed by atoms with E-state index in [0.717, 1.165) is 5.56 Å². The van der Waals surface area contributed by atoms with Crippen LogP contribution in [-0.2, 0) is 6.42 Å². The Morgan fingerprint density at radius 3 is 2.43 bits per heavy atom. The second kappa shape index (κ2) is 6.52. The van der Waals surface area contributed by atoms with Crippen molar-refractivity contribution in [3.63, 3.8) is 0 Å². The lowest BCUT2D eigenvalue weighted by atomic mass is 10.0. The van der Waals surface area contributed by atoms with Gasteiger partial charge in [-0.15, -0.1) is 0 Å². The van der Waals surface area contributed by atoms with Gasteiger partial charge in [0.2, 0.25) is 0 Å². The van der Waals surface area contributed by atoms with Gasteiger partial charge in [-0.3, -0.25) is 4.39 Å². The first-order valence-corrected chi connectivity index (χ1v) is 5.07. The van der Waals surface area contributed by atoms with E-state index in [0.29, 0.717) is 25.7 Å². The topological polar surface area (TPSA) is 0 Å². The van der Waals surface area contributed by atoms with Gasteiger partial charge in [-0.25, -0.2) is 4.39 Å². The molecular weight excluding hydrogens is 182 g/mol. The summed E-state index contributed by atoms with van der Waals surface area (Å²) in [6.45, 7) is -0.335. The molecule has 0 nitrogen and oxygen atoms in total. The second-order valence-corrected chi connectivity index (χ2v) is 3.47. The average Bonchev–Trinajstić information content (AvgIpc) is 2.20. The van der Waals surface area contributed by atoms with E-state index in [1.54, 1.807) is 0 Å². The molecule has 0 aliphatic rings. The van der Waals surface area contributed by atoms with E-state index in [1.165, 1.54) is 0 Å². The van der Waals surface area contributed by atoms with E-state index in [1.807, 2.05) is 30.3 Å². The summed E-state index contributed by atoms with van der Waals surface area (Å²) >= 11 is 0. The Hall–Kier alpha value is -0.920. The van der Waals surface area contributed by atoms with Crippen LogP contribution in [0.5, 0.6) is 0 Å². The number of alkyl halides is 2. The highest BCUT2D eigenvalue weighted by atomic mass is 19.1. The molecular formula is C12H16F2. The van der Waals surface area contributed by atoms with Gasteiger partial charge < -0.3 is 0 Å². The van der Waals surface area contributed by atoms with Crippen LogP contribution in [0.4, 0.5) is 8.78 Å². The van der Waals surface area contributed by atoms with Crippen molar-refractivity contribution in [3.8, 4) is 0 Å². The van der Waals surface area contributed by atoms with Crippen LogP contribution in [0.2, 0.25) is 0 Å². The third-order valence-corrected chi connectivity index (χ3v) is 2.20. The summed E-state index contributed by atoms with van der Waals surface area (Å²) in [5, 5.41) is 0. The van der Waals surface area contributed by atoms with Crippen molar-refractivity contribution in [2.75, 3.05) is 6.67 Å².